The molecule has 6 heteroatoms. The number of ether oxygens (including phenoxy) is 1. The first-order chi connectivity index (χ1) is 11.2. The van der Waals surface area contributed by atoms with Crippen LogP contribution < -0.4 is 10.1 Å². The van der Waals surface area contributed by atoms with E-state index in [4.69, 9.17) is 4.74 Å². The van der Waals surface area contributed by atoms with Crippen LogP contribution in [0.5, 0.6) is 5.75 Å². The number of hydrogen-bond donors (Lipinski definition) is 1. The molecule has 6 nitrogen and oxygen atoms in total. The first-order valence-corrected chi connectivity index (χ1v) is 7.21. The van der Waals surface area contributed by atoms with Crippen LogP contribution in [0.1, 0.15) is 29.1 Å². The van der Waals surface area contributed by atoms with Gasteiger partial charge in [0.2, 0.25) is 5.82 Å². The van der Waals surface area contributed by atoms with E-state index in [0.29, 0.717) is 11.0 Å². The molecule has 1 heterocycles. The van der Waals surface area contributed by atoms with Crippen molar-refractivity contribution in [3.63, 3.8) is 0 Å². The molecule has 1 aromatic heterocycles. The minimum absolute atomic E-state index is 0.0593. The highest BCUT2D eigenvalue weighted by Crippen LogP contribution is 2.17. The SMILES string of the molecule is COc1ccc(C(C)NC(=O)c2nnc3ccccc3n2)cc1. The number of aromatic nitrogens is 3. The van der Waals surface area contributed by atoms with Crippen LogP contribution in [0.25, 0.3) is 11.0 Å². The van der Waals surface area contributed by atoms with Gasteiger partial charge in [0.25, 0.3) is 5.91 Å². The van der Waals surface area contributed by atoms with Gasteiger partial charge in [-0.25, -0.2) is 4.98 Å². The second kappa shape index (κ2) is 6.39. The zero-order valence-corrected chi connectivity index (χ0v) is 12.9. The fraction of sp³-hybridized carbons (Fsp3) is 0.176. The van der Waals surface area contributed by atoms with E-state index in [9.17, 15) is 4.79 Å². The van der Waals surface area contributed by atoms with E-state index in [2.05, 4.69) is 20.5 Å². The number of rotatable bonds is 4. The molecule has 3 aromatic rings. The van der Waals surface area contributed by atoms with Gasteiger partial charge in [0.1, 0.15) is 11.3 Å². The Kier molecular flexibility index (Phi) is 4.14. The highest BCUT2D eigenvalue weighted by Gasteiger charge is 2.15. The third-order valence-corrected chi connectivity index (χ3v) is 3.53. The number of para-hydroxylation sites is 1. The zero-order chi connectivity index (χ0) is 16.2. The molecular weight excluding hydrogens is 292 g/mol. The van der Waals surface area contributed by atoms with Crippen molar-refractivity contribution >= 4 is 16.9 Å². The highest BCUT2D eigenvalue weighted by molar-refractivity contribution is 5.92. The monoisotopic (exact) mass is 308 g/mol. The second-order valence-electron chi connectivity index (χ2n) is 5.09. The molecule has 3 rings (SSSR count). The molecule has 0 spiro atoms. The van der Waals surface area contributed by atoms with E-state index in [1.807, 2.05) is 43.3 Å². The largest absolute Gasteiger partial charge is 0.497 e. The van der Waals surface area contributed by atoms with E-state index < -0.39 is 0 Å². The number of carbonyl (C=O) groups excluding carboxylic acids is 1. The van der Waals surface area contributed by atoms with Crippen LogP contribution in [0.4, 0.5) is 0 Å². The van der Waals surface area contributed by atoms with Gasteiger partial charge in [-0.3, -0.25) is 4.79 Å². The molecule has 1 N–H and O–H groups in total. The lowest BCUT2D eigenvalue weighted by atomic mass is 10.1. The van der Waals surface area contributed by atoms with Crippen LogP contribution in [0.3, 0.4) is 0 Å². The summed E-state index contributed by atoms with van der Waals surface area (Å²) in [5, 5.41) is 10.8. The van der Waals surface area contributed by atoms with E-state index in [0.717, 1.165) is 11.3 Å². The number of fused-ring (bicyclic) bond motifs is 1. The molecule has 116 valence electrons. The molecule has 1 unspecified atom stereocenters. The molecule has 23 heavy (non-hydrogen) atoms. The number of methoxy groups -OCH3 is 1. The quantitative estimate of drug-likeness (QED) is 0.801. The van der Waals surface area contributed by atoms with Gasteiger partial charge in [-0.1, -0.05) is 24.3 Å². The number of amides is 1. The van der Waals surface area contributed by atoms with Gasteiger partial charge in [0.05, 0.1) is 18.7 Å². The molecular formula is C17H16N4O2. The summed E-state index contributed by atoms with van der Waals surface area (Å²) in [6.45, 7) is 1.90. The molecule has 0 bridgehead atoms. The summed E-state index contributed by atoms with van der Waals surface area (Å²) < 4.78 is 5.12. The summed E-state index contributed by atoms with van der Waals surface area (Å²) in [6, 6.07) is 14.6. The first kappa shape index (κ1) is 14.9. The maximum atomic E-state index is 12.3. The molecule has 0 aliphatic carbocycles. The van der Waals surface area contributed by atoms with Crippen molar-refractivity contribution in [1.29, 1.82) is 0 Å². The van der Waals surface area contributed by atoms with Crippen molar-refractivity contribution in [1.82, 2.24) is 20.5 Å². The highest BCUT2D eigenvalue weighted by atomic mass is 16.5. The maximum Gasteiger partial charge on any atom is 0.291 e. The number of nitrogens with zero attached hydrogens (tertiary/aromatic N) is 3. The third kappa shape index (κ3) is 3.26. The lowest BCUT2D eigenvalue weighted by molar-refractivity contribution is 0.0928. The number of hydrogen-bond acceptors (Lipinski definition) is 5. The van der Waals surface area contributed by atoms with Gasteiger partial charge < -0.3 is 10.1 Å². The molecule has 0 fully saturated rings. The van der Waals surface area contributed by atoms with Gasteiger partial charge in [-0.2, -0.15) is 0 Å². The summed E-state index contributed by atoms with van der Waals surface area (Å²) in [5.41, 5.74) is 2.27. The van der Waals surface area contributed by atoms with Gasteiger partial charge >= 0.3 is 0 Å². The topological polar surface area (TPSA) is 77.0 Å². The molecule has 1 amide bonds. The minimum atomic E-state index is -0.355. The standard InChI is InChI=1S/C17H16N4O2/c1-11(12-7-9-13(23-2)10-8-12)18-17(22)16-19-14-5-3-4-6-15(14)20-21-16/h3-11H,1-2H3,(H,18,22). The molecule has 0 aliphatic heterocycles. The van der Waals surface area contributed by atoms with Crippen molar-refractivity contribution in [3.05, 3.63) is 59.9 Å². The third-order valence-electron chi connectivity index (χ3n) is 3.53. The fourth-order valence-corrected chi connectivity index (χ4v) is 2.21. The van der Waals surface area contributed by atoms with E-state index >= 15 is 0 Å². The lowest BCUT2D eigenvalue weighted by Crippen LogP contribution is -2.28. The maximum absolute atomic E-state index is 12.3. The average molecular weight is 308 g/mol. The van der Waals surface area contributed by atoms with Crippen LogP contribution in [0.2, 0.25) is 0 Å². The summed E-state index contributed by atoms with van der Waals surface area (Å²) in [7, 11) is 1.62. The van der Waals surface area contributed by atoms with Crippen LogP contribution in [0.15, 0.2) is 48.5 Å². The Morgan fingerprint density at radius 2 is 1.74 bits per heavy atom. The number of nitrogens with one attached hydrogen (secondary N) is 1. The summed E-state index contributed by atoms with van der Waals surface area (Å²) in [6.07, 6.45) is 0. The zero-order valence-electron chi connectivity index (χ0n) is 12.9. The Balaban J connectivity index is 1.76. The van der Waals surface area contributed by atoms with Crippen LogP contribution in [-0.2, 0) is 0 Å². The predicted molar refractivity (Wildman–Crippen MR) is 86.2 cm³/mol. The Morgan fingerprint density at radius 3 is 2.43 bits per heavy atom. The minimum Gasteiger partial charge on any atom is -0.497 e. The van der Waals surface area contributed by atoms with E-state index in [1.165, 1.54) is 0 Å². The molecule has 0 radical (unpaired) electrons. The van der Waals surface area contributed by atoms with Crippen molar-refractivity contribution in [2.45, 2.75) is 13.0 Å². The Morgan fingerprint density at radius 1 is 1.04 bits per heavy atom. The molecule has 0 aliphatic rings. The number of carbonyl (C=O) groups is 1. The van der Waals surface area contributed by atoms with Crippen molar-refractivity contribution in [2.24, 2.45) is 0 Å². The normalized spacial score (nSPS) is 11.9. The van der Waals surface area contributed by atoms with Crippen LogP contribution >= 0.6 is 0 Å². The van der Waals surface area contributed by atoms with E-state index in [1.54, 1.807) is 19.2 Å². The fourth-order valence-electron chi connectivity index (χ4n) is 2.21. The summed E-state index contributed by atoms with van der Waals surface area (Å²) in [4.78, 5) is 16.5. The van der Waals surface area contributed by atoms with Crippen molar-refractivity contribution in [3.8, 4) is 5.75 Å². The lowest BCUT2D eigenvalue weighted by Gasteiger charge is -2.14. The Hall–Kier alpha value is -3.02. The Labute approximate surface area is 133 Å². The molecule has 1 atom stereocenters. The summed E-state index contributed by atoms with van der Waals surface area (Å²) in [5.74, 6) is 0.477. The molecule has 2 aromatic carbocycles. The first-order valence-electron chi connectivity index (χ1n) is 7.21. The van der Waals surface area contributed by atoms with Crippen molar-refractivity contribution in [2.75, 3.05) is 7.11 Å². The average Bonchev–Trinajstić information content (AvgIpc) is 2.61. The number of benzene rings is 2. The van der Waals surface area contributed by atoms with Crippen molar-refractivity contribution < 1.29 is 9.53 Å². The van der Waals surface area contributed by atoms with Gasteiger partial charge in [0, 0.05) is 0 Å². The molecule has 0 saturated carbocycles. The summed E-state index contributed by atoms with van der Waals surface area (Å²) >= 11 is 0. The van der Waals surface area contributed by atoms with Crippen LogP contribution in [0, 0.1) is 0 Å². The smallest absolute Gasteiger partial charge is 0.291 e. The van der Waals surface area contributed by atoms with E-state index in [-0.39, 0.29) is 17.8 Å². The second-order valence-corrected chi connectivity index (χ2v) is 5.09. The van der Waals surface area contributed by atoms with Crippen LogP contribution in [-0.4, -0.2) is 28.2 Å². The predicted octanol–water partition coefficient (Wildman–Crippen LogP) is 2.52. The van der Waals surface area contributed by atoms with Gasteiger partial charge in [-0.05, 0) is 36.8 Å². The van der Waals surface area contributed by atoms with Gasteiger partial charge in [0.15, 0.2) is 0 Å². The van der Waals surface area contributed by atoms with Gasteiger partial charge in [-0.15, -0.1) is 10.2 Å². The molecule has 0 saturated heterocycles. The Bertz CT molecular complexity index is 833.